The van der Waals surface area contributed by atoms with Gasteiger partial charge in [-0.3, -0.25) is 0 Å². The minimum absolute atomic E-state index is 0.511. The van der Waals surface area contributed by atoms with Gasteiger partial charge in [0, 0.05) is 0 Å². The van der Waals surface area contributed by atoms with Crippen LogP contribution in [0.3, 0.4) is 0 Å². The fourth-order valence-electron chi connectivity index (χ4n) is 3.96. The SMILES string of the molecule is CC(C)C(Cc1ccccc1)c1cc2ccccc2c2ccccc12. The molecule has 0 N–H and O–H groups in total. The highest BCUT2D eigenvalue weighted by Crippen LogP contribution is 2.37. The van der Waals surface area contributed by atoms with Gasteiger partial charge in [-0.05, 0) is 50.9 Å². The molecule has 0 radical (unpaired) electrons. The summed E-state index contributed by atoms with van der Waals surface area (Å²) in [7, 11) is 0. The molecule has 4 aromatic carbocycles. The molecule has 1 atom stereocenters. The third kappa shape index (κ3) is 3.05. The van der Waals surface area contributed by atoms with Crippen molar-refractivity contribution in [2.45, 2.75) is 26.2 Å². The second-order valence-electron chi connectivity index (χ2n) is 7.27. The van der Waals surface area contributed by atoms with Gasteiger partial charge in [0.25, 0.3) is 0 Å². The van der Waals surface area contributed by atoms with E-state index in [1.807, 2.05) is 0 Å². The fourth-order valence-corrected chi connectivity index (χ4v) is 3.96. The molecule has 124 valence electrons. The predicted octanol–water partition coefficient (Wildman–Crippen LogP) is 6.98. The van der Waals surface area contributed by atoms with E-state index in [-0.39, 0.29) is 0 Å². The lowest BCUT2D eigenvalue weighted by Gasteiger charge is -2.24. The zero-order valence-electron chi connectivity index (χ0n) is 14.9. The molecule has 0 aliphatic carbocycles. The van der Waals surface area contributed by atoms with Crippen LogP contribution in [0.4, 0.5) is 0 Å². The summed E-state index contributed by atoms with van der Waals surface area (Å²) >= 11 is 0. The minimum Gasteiger partial charge on any atom is -0.0622 e. The van der Waals surface area contributed by atoms with E-state index in [1.54, 1.807) is 0 Å². The molecule has 4 aromatic rings. The van der Waals surface area contributed by atoms with Gasteiger partial charge in [0.05, 0.1) is 0 Å². The molecule has 0 aliphatic heterocycles. The van der Waals surface area contributed by atoms with Gasteiger partial charge in [-0.1, -0.05) is 98.8 Å². The Labute approximate surface area is 150 Å². The first kappa shape index (κ1) is 15.9. The van der Waals surface area contributed by atoms with Crippen molar-refractivity contribution in [3.63, 3.8) is 0 Å². The summed E-state index contributed by atoms with van der Waals surface area (Å²) in [4.78, 5) is 0. The van der Waals surface area contributed by atoms with Crippen LogP contribution in [0.25, 0.3) is 21.5 Å². The first-order chi connectivity index (χ1) is 12.2. The molecule has 0 saturated carbocycles. The Morgan fingerprint density at radius 2 is 1.24 bits per heavy atom. The van der Waals surface area contributed by atoms with Crippen LogP contribution in [-0.2, 0) is 6.42 Å². The highest BCUT2D eigenvalue weighted by atomic mass is 14.2. The van der Waals surface area contributed by atoms with E-state index in [1.165, 1.54) is 32.7 Å². The van der Waals surface area contributed by atoms with Gasteiger partial charge in [-0.2, -0.15) is 0 Å². The van der Waals surface area contributed by atoms with Crippen LogP contribution >= 0.6 is 0 Å². The van der Waals surface area contributed by atoms with Crippen molar-refractivity contribution in [2.75, 3.05) is 0 Å². The fraction of sp³-hybridized carbons (Fsp3) is 0.200. The molecule has 0 spiro atoms. The van der Waals surface area contributed by atoms with Gasteiger partial charge in [-0.15, -0.1) is 0 Å². The molecule has 0 heteroatoms. The molecular formula is C25H24. The van der Waals surface area contributed by atoms with Gasteiger partial charge in [-0.25, -0.2) is 0 Å². The maximum atomic E-state index is 2.42. The number of hydrogen-bond acceptors (Lipinski definition) is 0. The highest BCUT2D eigenvalue weighted by Gasteiger charge is 2.20. The molecule has 4 rings (SSSR count). The van der Waals surface area contributed by atoms with Gasteiger partial charge < -0.3 is 0 Å². The molecule has 0 saturated heterocycles. The first-order valence-corrected chi connectivity index (χ1v) is 9.18. The van der Waals surface area contributed by atoms with E-state index in [0.29, 0.717) is 11.8 Å². The summed E-state index contributed by atoms with van der Waals surface area (Å²) < 4.78 is 0. The van der Waals surface area contributed by atoms with Crippen LogP contribution in [0.1, 0.15) is 30.9 Å². The van der Waals surface area contributed by atoms with Crippen LogP contribution in [0.2, 0.25) is 0 Å². The number of rotatable bonds is 4. The first-order valence-electron chi connectivity index (χ1n) is 9.18. The largest absolute Gasteiger partial charge is 0.0622 e. The van der Waals surface area contributed by atoms with Crippen LogP contribution in [0, 0.1) is 5.92 Å². The molecule has 0 aromatic heterocycles. The molecule has 0 nitrogen and oxygen atoms in total. The minimum atomic E-state index is 0.511. The van der Waals surface area contributed by atoms with E-state index in [9.17, 15) is 0 Å². The standard InChI is InChI=1S/C25H24/c1-18(2)24(16-19-10-4-3-5-11-19)25-17-20-12-6-7-13-21(20)22-14-8-9-15-23(22)25/h3-15,17-18,24H,16H2,1-2H3. The second kappa shape index (κ2) is 6.72. The summed E-state index contributed by atoms with van der Waals surface area (Å²) in [6.07, 6.45) is 1.08. The maximum Gasteiger partial charge on any atom is -0.00920 e. The van der Waals surface area contributed by atoms with Crippen LogP contribution in [0.15, 0.2) is 84.9 Å². The molecule has 0 fully saturated rings. The summed E-state index contributed by atoms with van der Waals surface area (Å²) in [5.41, 5.74) is 2.89. The van der Waals surface area contributed by atoms with Crippen molar-refractivity contribution in [1.29, 1.82) is 0 Å². The third-order valence-corrected chi connectivity index (χ3v) is 5.30. The van der Waals surface area contributed by atoms with Crippen molar-refractivity contribution in [2.24, 2.45) is 5.92 Å². The Balaban J connectivity index is 1.93. The molecule has 0 bridgehead atoms. The smallest absolute Gasteiger partial charge is 0.00920 e. The molecular weight excluding hydrogens is 300 g/mol. The predicted molar refractivity (Wildman–Crippen MR) is 109 cm³/mol. The molecule has 0 amide bonds. The van der Waals surface area contributed by atoms with E-state index in [4.69, 9.17) is 0 Å². The lowest BCUT2D eigenvalue weighted by atomic mass is 9.80. The van der Waals surface area contributed by atoms with Crippen LogP contribution in [-0.4, -0.2) is 0 Å². The van der Waals surface area contributed by atoms with Gasteiger partial charge >= 0.3 is 0 Å². The van der Waals surface area contributed by atoms with E-state index in [2.05, 4.69) is 98.8 Å². The Kier molecular flexibility index (Phi) is 4.28. The van der Waals surface area contributed by atoms with Gasteiger partial charge in [0.1, 0.15) is 0 Å². The number of fused-ring (bicyclic) bond motifs is 3. The molecule has 25 heavy (non-hydrogen) atoms. The third-order valence-electron chi connectivity index (χ3n) is 5.30. The summed E-state index contributed by atoms with van der Waals surface area (Å²) in [6, 6.07) is 30.9. The second-order valence-corrected chi connectivity index (χ2v) is 7.27. The normalized spacial score (nSPS) is 12.8. The lowest BCUT2D eigenvalue weighted by Crippen LogP contribution is -2.11. The van der Waals surface area contributed by atoms with Gasteiger partial charge in [0.15, 0.2) is 0 Å². The Bertz CT molecular complexity index is 996. The van der Waals surface area contributed by atoms with Crippen molar-refractivity contribution < 1.29 is 0 Å². The highest BCUT2D eigenvalue weighted by molar-refractivity contribution is 6.09. The summed E-state index contributed by atoms with van der Waals surface area (Å²) in [5.74, 6) is 1.10. The molecule has 0 heterocycles. The van der Waals surface area contributed by atoms with E-state index >= 15 is 0 Å². The van der Waals surface area contributed by atoms with Crippen molar-refractivity contribution >= 4 is 21.5 Å². The van der Waals surface area contributed by atoms with E-state index in [0.717, 1.165) is 6.42 Å². The Morgan fingerprint density at radius 3 is 1.96 bits per heavy atom. The van der Waals surface area contributed by atoms with Crippen LogP contribution < -0.4 is 0 Å². The molecule has 1 unspecified atom stereocenters. The van der Waals surface area contributed by atoms with Gasteiger partial charge in [0.2, 0.25) is 0 Å². The number of benzene rings is 4. The maximum absolute atomic E-state index is 2.42. The van der Waals surface area contributed by atoms with Crippen molar-refractivity contribution in [1.82, 2.24) is 0 Å². The monoisotopic (exact) mass is 324 g/mol. The lowest BCUT2D eigenvalue weighted by molar-refractivity contribution is 0.498. The quantitative estimate of drug-likeness (QED) is 0.355. The van der Waals surface area contributed by atoms with E-state index < -0.39 is 0 Å². The topological polar surface area (TPSA) is 0 Å². The average molecular weight is 324 g/mol. The molecule has 0 aliphatic rings. The Morgan fingerprint density at radius 1 is 0.640 bits per heavy atom. The Hall–Kier alpha value is -2.60. The van der Waals surface area contributed by atoms with Crippen molar-refractivity contribution in [3.8, 4) is 0 Å². The average Bonchev–Trinajstić information content (AvgIpc) is 2.66. The summed E-state index contributed by atoms with van der Waals surface area (Å²) in [6.45, 7) is 4.69. The summed E-state index contributed by atoms with van der Waals surface area (Å²) in [5, 5.41) is 5.46. The van der Waals surface area contributed by atoms with Crippen LogP contribution in [0.5, 0.6) is 0 Å². The van der Waals surface area contributed by atoms with Crippen molar-refractivity contribution in [3.05, 3.63) is 96.1 Å². The number of hydrogen-bond donors (Lipinski definition) is 0. The zero-order valence-corrected chi connectivity index (χ0v) is 14.9. The zero-order chi connectivity index (χ0) is 17.2.